The Hall–Kier alpha value is -1.70. The van der Waals surface area contributed by atoms with Crippen LogP contribution in [0.4, 0.5) is 11.5 Å². The highest BCUT2D eigenvalue weighted by Gasteiger charge is 2.34. The maximum absolute atomic E-state index is 10.6. The van der Waals surface area contributed by atoms with Gasteiger partial charge < -0.3 is 10.0 Å². The van der Waals surface area contributed by atoms with Crippen LogP contribution in [0.5, 0.6) is 0 Å². The van der Waals surface area contributed by atoms with Crippen LogP contribution >= 0.6 is 15.9 Å². The minimum Gasteiger partial charge on any atom is -0.481 e. The summed E-state index contributed by atoms with van der Waals surface area (Å²) in [7, 11) is 0. The van der Waals surface area contributed by atoms with Gasteiger partial charge in [-0.3, -0.25) is 14.9 Å². The summed E-state index contributed by atoms with van der Waals surface area (Å²) in [5.41, 5.74) is -0.101. The van der Waals surface area contributed by atoms with Gasteiger partial charge in [0.05, 0.1) is 15.3 Å². The Labute approximate surface area is 104 Å². The molecule has 90 valence electrons. The second kappa shape index (κ2) is 4.28. The van der Waals surface area contributed by atoms with Gasteiger partial charge in [-0.05, 0) is 15.9 Å². The van der Waals surface area contributed by atoms with Gasteiger partial charge in [-0.1, -0.05) is 0 Å². The number of anilines is 1. The van der Waals surface area contributed by atoms with E-state index in [1.54, 1.807) is 4.90 Å². The molecule has 0 saturated carbocycles. The summed E-state index contributed by atoms with van der Waals surface area (Å²) in [5.74, 6) is -0.689. The van der Waals surface area contributed by atoms with Crippen LogP contribution in [0.2, 0.25) is 0 Å². The largest absolute Gasteiger partial charge is 0.481 e. The summed E-state index contributed by atoms with van der Waals surface area (Å²) in [4.78, 5) is 26.3. The summed E-state index contributed by atoms with van der Waals surface area (Å²) in [6, 6.07) is 1.36. The smallest absolute Gasteiger partial charge is 0.310 e. The molecule has 0 radical (unpaired) electrons. The zero-order valence-corrected chi connectivity index (χ0v) is 10.1. The van der Waals surface area contributed by atoms with E-state index in [9.17, 15) is 14.9 Å². The minimum absolute atomic E-state index is 0.101. The minimum atomic E-state index is -0.834. The Morgan fingerprint density at radius 2 is 2.29 bits per heavy atom. The lowest BCUT2D eigenvalue weighted by atomic mass is 10.0. The van der Waals surface area contributed by atoms with Crippen LogP contribution in [-0.2, 0) is 4.79 Å². The normalized spacial score (nSPS) is 15.5. The zero-order valence-electron chi connectivity index (χ0n) is 8.54. The van der Waals surface area contributed by atoms with E-state index in [0.29, 0.717) is 23.4 Å². The first-order valence-corrected chi connectivity index (χ1v) is 5.56. The molecule has 7 nitrogen and oxygen atoms in total. The fourth-order valence-electron chi connectivity index (χ4n) is 1.56. The van der Waals surface area contributed by atoms with Gasteiger partial charge in [0.15, 0.2) is 0 Å². The molecule has 0 aromatic carbocycles. The monoisotopic (exact) mass is 301 g/mol. The van der Waals surface area contributed by atoms with Gasteiger partial charge >= 0.3 is 5.97 Å². The molecule has 0 amide bonds. The number of carboxylic acids is 1. The third-order valence-electron chi connectivity index (χ3n) is 2.55. The van der Waals surface area contributed by atoms with Crippen molar-refractivity contribution < 1.29 is 14.8 Å². The van der Waals surface area contributed by atoms with E-state index in [0.717, 1.165) is 6.20 Å². The predicted octanol–water partition coefficient (Wildman–Crippen LogP) is 1.27. The number of carbonyl (C=O) groups is 1. The number of pyridine rings is 1. The molecule has 17 heavy (non-hydrogen) atoms. The Balaban J connectivity index is 2.14. The van der Waals surface area contributed by atoms with Gasteiger partial charge in [0.25, 0.3) is 5.69 Å². The predicted molar refractivity (Wildman–Crippen MR) is 61.9 cm³/mol. The lowest BCUT2D eigenvalue weighted by Gasteiger charge is -2.37. The van der Waals surface area contributed by atoms with E-state index in [-0.39, 0.29) is 11.6 Å². The van der Waals surface area contributed by atoms with E-state index in [4.69, 9.17) is 5.11 Å². The number of aliphatic carboxylic acids is 1. The number of rotatable bonds is 3. The van der Waals surface area contributed by atoms with E-state index in [1.165, 1.54) is 6.07 Å². The Morgan fingerprint density at radius 3 is 2.76 bits per heavy atom. The number of hydrogen-bond acceptors (Lipinski definition) is 5. The molecular weight excluding hydrogens is 294 g/mol. The van der Waals surface area contributed by atoms with E-state index >= 15 is 0 Å². The Kier molecular flexibility index (Phi) is 2.97. The average Bonchev–Trinajstić information content (AvgIpc) is 2.17. The van der Waals surface area contributed by atoms with E-state index < -0.39 is 10.9 Å². The van der Waals surface area contributed by atoms with Crippen LogP contribution in [0.15, 0.2) is 16.7 Å². The molecule has 1 fully saturated rings. The first-order chi connectivity index (χ1) is 7.99. The molecule has 1 N–H and O–H groups in total. The van der Waals surface area contributed by atoms with Crippen molar-refractivity contribution in [1.82, 2.24) is 4.98 Å². The first kappa shape index (κ1) is 11.8. The number of carboxylic acid groups (broad SMARTS) is 1. The van der Waals surface area contributed by atoms with Gasteiger partial charge in [0.1, 0.15) is 12.0 Å². The van der Waals surface area contributed by atoms with Crippen molar-refractivity contribution >= 4 is 33.4 Å². The van der Waals surface area contributed by atoms with Gasteiger partial charge in [-0.25, -0.2) is 4.98 Å². The molecule has 0 spiro atoms. The molecular formula is C9H8BrN3O4. The molecule has 1 saturated heterocycles. The van der Waals surface area contributed by atoms with Crippen molar-refractivity contribution in [3.05, 3.63) is 26.9 Å². The molecule has 2 rings (SSSR count). The average molecular weight is 302 g/mol. The highest BCUT2D eigenvalue weighted by atomic mass is 79.9. The highest BCUT2D eigenvalue weighted by Crippen LogP contribution is 2.31. The third kappa shape index (κ3) is 2.21. The van der Waals surface area contributed by atoms with Crippen LogP contribution < -0.4 is 4.90 Å². The van der Waals surface area contributed by atoms with Crippen LogP contribution in [0.25, 0.3) is 0 Å². The van der Waals surface area contributed by atoms with Gasteiger partial charge in [-0.2, -0.15) is 0 Å². The lowest BCUT2D eigenvalue weighted by Crippen LogP contribution is -2.50. The van der Waals surface area contributed by atoms with Crippen molar-refractivity contribution in [1.29, 1.82) is 0 Å². The number of hydrogen-bond donors (Lipinski definition) is 1. The van der Waals surface area contributed by atoms with Crippen molar-refractivity contribution in [2.75, 3.05) is 18.0 Å². The van der Waals surface area contributed by atoms with E-state index in [1.807, 2.05) is 0 Å². The summed E-state index contributed by atoms with van der Waals surface area (Å²) >= 11 is 3.19. The SMILES string of the molecule is O=C(O)C1CN(c2ncc([N+](=O)[O-])cc2Br)C1. The van der Waals surface area contributed by atoms with Gasteiger partial charge in [-0.15, -0.1) is 0 Å². The molecule has 0 bridgehead atoms. The maximum atomic E-state index is 10.6. The Morgan fingerprint density at radius 1 is 1.65 bits per heavy atom. The third-order valence-corrected chi connectivity index (χ3v) is 3.13. The highest BCUT2D eigenvalue weighted by molar-refractivity contribution is 9.10. The van der Waals surface area contributed by atoms with Crippen LogP contribution in [0, 0.1) is 16.0 Å². The fourth-order valence-corrected chi connectivity index (χ4v) is 2.15. The number of aromatic nitrogens is 1. The van der Waals surface area contributed by atoms with Crippen molar-refractivity contribution in [2.45, 2.75) is 0 Å². The molecule has 1 aromatic rings. The first-order valence-electron chi connectivity index (χ1n) is 4.76. The standard InChI is InChI=1S/C9H8BrN3O4/c10-7-1-6(13(16)17)2-11-8(7)12-3-5(4-12)9(14)15/h1-2,5H,3-4H2,(H,14,15). The summed E-state index contributed by atoms with van der Waals surface area (Å²) in [5, 5.41) is 19.2. The number of nitro groups is 1. The van der Waals surface area contributed by atoms with Crippen molar-refractivity contribution in [2.24, 2.45) is 5.92 Å². The van der Waals surface area contributed by atoms with Gasteiger partial charge in [0.2, 0.25) is 0 Å². The molecule has 0 aliphatic carbocycles. The second-order valence-corrected chi connectivity index (χ2v) is 4.55. The molecule has 0 atom stereocenters. The molecule has 2 heterocycles. The molecule has 0 unspecified atom stereocenters. The lowest BCUT2D eigenvalue weighted by molar-refractivity contribution is -0.385. The van der Waals surface area contributed by atoms with Gasteiger partial charge in [0, 0.05) is 19.2 Å². The molecule has 1 aliphatic heterocycles. The number of nitrogens with zero attached hydrogens (tertiary/aromatic N) is 3. The van der Waals surface area contributed by atoms with Crippen molar-refractivity contribution in [3.8, 4) is 0 Å². The quantitative estimate of drug-likeness (QED) is 0.667. The fraction of sp³-hybridized carbons (Fsp3) is 0.333. The molecule has 8 heteroatoms. The summed E-state index contributed by atoms with van der Waals surface area (Å²) < 4.78 is 0.496. The summed E-state index contributed by atoms with van der Waals surface area (Å²) in [6.07, 6.45) is 1.16. The zero-order chi connectivity index (χ0) is 12.6. The molecule has 1 aromatic heterocycles. The summed E-state index contributed by atoms with van der Waals surface area (Å²) in [6.45, 7) is 0.748. The molecule has 1 aliphatic rings. The van der Waals surface area contributed by atoms with Crippen LogP contribution in [0.3, 0.4) is 0 Å². The second-order valence-electron chi connectivity index (χ2n) is 3.70. The Bertz CT molecular complexity index is 487. The topological polar surface area (TPSA) is 96.6 Å². The number of halogens is 1. The van der Waals surface area contributed by atoms with Crippen LogP contribution in [0.1, 0.15) is 0 Å². The van der Waals surface area contributed by atoms with E-state index in [2.05, 4.69) is 20.9 Å². The van der Waals surface area contributed by atoms with Crippen LogP contribution in [-0.4, -0.2) is 34.1 Å². The maximum Gasteiger partial charge on any atom is 0.310 e. The van der Waals surface area contributed by atoms with Crippen molar-refractivity contribution in [3.63, 3.8) is 0 Å².